The first-order chi connectivity index (χ1) is 6.20. The monoisotopic (exact) mass is 186 g/mol. The van der Waals surface area contributed by atoms with Crippen molar-refractivity contribution in [2.45, 2.75) is 58.4 Å². The Morgan fingerprint density at radius 3 is 2.00 bits per heavy atom. The summed E-state index contributed by atoms with van der Waals surface area (Å²) >= 11 is 0. The number of unbranched alkanes of at least 4 members (excludes halogenated alkanes) is 2. The molecule has 0 aliphatic carbocycles. The number of amides is 2. The lowest BCUT2D eigenvalue weighted by molar-refractivity contribution is 0.243. The van der Waals surface area contributed by atoms with Gasteiger partial charge in [0.1, 0.15) is 0 Å². The highest BCUT2D eigenvalue weighted by Gasteiger charge is 2.08. The van der Waals surface area contributed by atoms with Gasteiger partial charge in [-0.3, -0.25) is 0 Å². The molecule has 0 saturated heterocycles. The number of primary amides is 1. The average Bonchev–Trinajstić information content (AvgIpc) is 2.09. The predicted molar refractivity (Wildman–Crippen MR) is 55.6 cm³/mol. The van der Waals surface area contributed by atoms with Gasteiger partial charge in [-0.1, -0.05) is 39.5 Å². The fourth-order valence-electron chi connectivity index (χ4n) is 1.39. The predicted octanol–water partition coefficient (Wildman–Crippen LogP) is 2.40. The van der Waals surface area contributed by atoms with Crippen LogP contribution in [0, 0.1) is 0 Å². The zero-order valence-electron chi connectivity index (χ0n) is 8.81. The van der Waals surface area contributed by atoms with Crippen molar-refractivity contribution in [2.24, 2.45) is 5.73 Å². The highest BCUT2D eigenvalue weighted by atomic mass is 16.2. The lowest BCUT2D eigenvalue weighted by Gasteiger charge is -2.16. The molecule has 2 amide bonds. The fraction of sp³-hybridized carbons (Fsp3) is 0.900. The van der Waals surface area contributed by atoms with E-state index < -0.39 is 6.03 Å². The summed E-state index contributed by atoms with van der Waals surface area (Å²) in [6.45, 7) is 4.31. The Balaban J connectivity index is 3.66. The minimum Gasteiger partial charge on any atom is -0.352 e. The van der Waals surface area contributed by atoms with E-state index in [2.05, 4.69) is 19.2 Å². The summed E-state index contributed by atoms with van der Waals surface area (Å²) in [5.74, 6) is 0. The Morgan fingerprint density at radius 1 is 1.23 bits per heavy atom. The molecule has 0 aromatic heterocycles. The van der Waals surface area contributed by atoms with Crippen LogP contribution in [0.3, 0.4) is 0 Å². The quantitative estimate of drug-likeness (QED) is 0.630. The number of carbonyl (C=O) groups is 1. The summed E-state index contributed by atoms with van der Waals surface area (Å²) in [4.78, 5) is 10.6. The molecule has 3 heteroatoms. The van der Waals surface area contributed by atoms with Crippen molar-refractivity contribution in [3.8, 4) is 0 Å². The van der Waals surface area contributed by atoms with E-state index in [4.69, 9.17) is 5.73 Å². The zero-order valence-corrected chi connectivity index (χ0v) is 8.81. The zero-order chi connectivity index (χ0) is 10.1. The summed E-state index contributed by atoms with van der Waals surface area (Å²) in [5, 5.41) is 2.79. The second-order valence-corrected chi connectivity index (χ2v) is 3.49. The Kier molecular flexibility index (Phi) is 7.45. The molecule has 78 valence electrons. The van der Waals surface area contributed by atoms with Crippen molar-refractivity contribution in [1.82, 2.24) is 5.32 Å². The van der Waals surface area contributed by atoms with Crippen LogP contribution in [0.1, 0.15) is 52.4 Å². The number of hydrogen-bond donors (Lipinski definition) is 2. The van der Waals surface area contributed by atoms with Crippen molar-refractivity contribution in [3.63, 3.8) is 0 Å². The molecule has 0 spiro atoms. The number of carbonyl (C=O) groups excluding carboxylic acids is 1. The van der Waals surface area contributed by atoms with Crippen LogP contribution in [0.4, 0.5) is 4.79 Å². The van der Waals surface area contributed by atoms with Gasteiger partial charge in [0.25, 0.3) is 0 Å². The molecule has 0 radical (unpaired) electrons. The molecule has 0 aliphatic rings. The van der Waals surface area contributed by atoms with Gasteiger partial charge in [0.2, 0.25) is 0 Å². The van der Waals surface area contributed by atoms with Crippen molar-refractivity contribution < 1.29 is 4.79 Å². The van der Waals surface area contributed by atoms with Crippen LogP contribution in [0.25, 0.3) is 0 Å². The standard InChI is InChI=1S/C10H22N2O/c1-3-5-7-9(8-6-4-2)12-10(11)13/h9H,3-8H2,1-2H3,(H3,11,12,13). The van der Waals surface area contributed by atoms with Crippen molar-refractivity contribution >= 4 is 6.03 Å². The summed E-state index contributed by atoms with van der Waals surface area (Å²) in [6.07, 6.45) is 6.77. The summed E-state index contributed by atoms with van der Waals surface area (Å²) < 4.78 is 0. The van der Waals surface area contributed by atoms with Crippen LogP contribution in [0.15, 0.2) is 0 Å². The smallest absolute Gasteiger partial charge is 0.312 e. The molecule has 0 aromatic carbocycles. The lowest BCUT2D eigenvalue weighted by atomic mass is 10.0. The first kappa shape index (κ1) is 12.3. The maximum Gasteiger partial charge on any atom is 0.312 e. The molecule has 13 heavy (non-hydrogen) atoms. The largest absolute Gasteiger partial charge is 0.352 e. The summed E-state index contributed by atoms with van der Waals surface area (Å²) in [5.41, 5.74) is 5.09. The van der Waals surface area contributed by atoms with E-state index in [0.29, 0.717) is 0 Å². The van der Waals surface area contributed by atoms with Crippen LogP contribution < -0.4 is 11.1 Å². The van der Waals surface area contributed by atoms with Gasteiger partial charge in [-0.2, -0.15) is 0 Å². The third-order valence-electron chi connectivity index (χ3n) is 2.16. The van der Waals surface area contributed by atoms with E-state index in [9.17, 15) is 4.79 Å². The fourth-order valence-corrected chi connectivity index (χ4v) is 1.39. The maximum atomic E-state index is 10.6. The van der Waals surface area contributed by atoms with Crippen LogP contribution in [0.2, 0.25) is 0 Å². The Hall–Kier alpha value is -0.730. The normalized spacial score (nSPS) is 10.4. The molecule has 0 fully saturated rings. The van der Waals surface area contributed by atoms with E-state index in [1.54, 1.807) is 0 Å². The maximum absolute atomic E-state index is 10.6. The van der Waals surface area contributed by atoms with Crippen molar-refractivity contribution in [3.05, 3.63) is 0 Å². The molecule has 3 nitrogen and oxygen atoms in total. The molecule has 0 atom stereocenters. The highest BCUT2D eigenvalue weighted by Crippen LogP contribution is 2.08. The van der Waals surface area contributed by atoms with E-state index in [-0.39, 0.29) is 6.04 Å². The molecule has 0 unspecified atom stereocenters. The Morgan fingerprint density at radius 2 is 1.69 bits per heavy atom. The first-order valence-electron chi connectivity index (χ1n) is 5.26. The minimum absolute atomic E-state index is 0.289. The molecular weight excluding hydrogens is 164 g/mol. The molecule has 0 rings (SSSR count). The van der Waals surface area contributed by atoms with E-state index in [1.165, 1.54) is 12.8 Å². The van der Waals surface area contributed by atoms with Gasteiger partial charge in [0.05, 0.1) is 0 Å². The van der Waals surface area contributed by atoms with Crippen LogP contribution in [0.5, 0.6) is 0 Å². The number of nitrogens with one attached hydrogen (secondary N) is 1. The van der Waals surface area contributed by atoms with Gasteiger partial charge < -0.3 is 11.1 Å². The van der Waals surface area contributed by atoms with Gasteiger partial charge in [-0.05, 0) is 12.8 Å². The third-order valence-corrected chi connectivity index (χ3v) is 2.16. The number of hydrogen-bond acceptors (Lipinski definition) is 1. The SMILES string of the molecule is CCCCC(CCCC)NC(N)=O. The second kappa shape index (κ2) is 7.90. The Bertz CT molecular complexity index is 129. The van der Waals surface area contributed by atoms with Gasteiger partial charge in [-0.25, -0.2) is 4.79 Å². The van der Waals surface area contributed by atoms with Crippen molar-refractivity contribution in [2.75, 3.05) is 0 Å². The van der Waals surface area contributed by atoms with Crippen LogP contribution in [-0.2, 0) is 0 Å². The topological polar surface area (TPSA) is 55.1 Å². The molecular formula is C10H22N2O. The van der Waals surface area contributed by atoms with E-state index >= 15 is 0 Å². The lowest BCUT2D eigenvalue weighted by Crippen LogP contribution is -2.38. The highest BCUT2D eigenvalue weighted by molar-refractivity contribution is 5.71. The molecule has 0 aromatic rings. The number of rotatable bonds is 7. The number of urea groups is 1. The second-order valence-electron chi connectivity index (χ2n) is 3.49. The van der Waals surface area contributed by atoms with Crippen LogP contribution in [-0.4, -0.2) is 12.1 Å². The molecule has 0 aliphatic heterocycles. The average molecular weight is 186 g/mol. The Labute approximate surface area is 81.1 Å². The minimum atomic E-state index is -0.391. The number of nitrogens with two attached hydrogens (primary N) is 1. The van der Waals surface area contributed by atoms with Gasteiger partial charge in [0, 0.05) is 6.04 Å². The van der Waals surface area contributed by atoms with Gasteiger partial charge in [-0.15, -0.1) is 0 Å². The molecule has 0 saturated carbocycles. The summed E-state index contributed by atoms with van der Waals surface area (Å²) in [6, 6.07) is -0.102. The molecule has 0 heterocycles. The summed E-state index contributed by atoms with van der Waals surface area (Å²) in [7, 11) is 0. The molecule has 0 bridgehead atoms. The first-order valence-corrected chi connectivity index (χ1v) is 5.26. The third kappa shape index (κ3) is 7.62. The van der Waals surface area contributed by atoms with Gasteiger partial charge >= 0.3 is 6.03 Å². The van der Waals surface area contributed by atoms with E-state index in [0.717, 1.165) is 25.7 Å². The molecule has 3 N–H and O–H groups in total. The van der Waals surface area contributed by atoms with Gasteiger partial charge in [0.15, 0.2) is 0 Å². The van der Waals surface area contributed by atoms with Crippen molar-refractivity contribution in [1.29, 1.82) is 0 Å². The van der Waals surface area contributed by atoms with E-state index in [1.807, 2.05) is 0 Å². The van der Waals surface area contributed by atoms with Crippen LogP contribution >= 0.6 is 0 Å².